The van der Waals surface area contributed by atoms with E-state index in [1.165, 1.54) is 11.3 Å². The number of hydrogen-bond donors (Lipinski definition) is 2. The number of carbonyl (C=O) groups is 2. The molecule has 1 aromatic heterocycles. The zero-order chi connectivity index (χ0) is 15.4. The number of carbonyl (C=O) groups excluding carboxylic acids is 1. The van der Waals surface area contributed by atoms with Crippen molar-refractivity contribution in [3.05, 3.63) is 20.8 Å². The molecule has 1 aliphatic heterocycles. The molecule has 116 valence electrons. The van der Waals surface area contributed by atoms with Crippen LogP contribution in [0.1, 0.15) is 30.6 Å². The average molecular weight is 376 g/mol. The van der Waals surface area contributed by atoms with E-state index in [0.717, 1.165) is 21.5 Å². The number of ether oxygens (including phenoxy) is 1. The molecule has 7 heteroatoms. The lowest BCUT2D eigenvalue weighted by molar-refractivity contribution is -0.145. The number of nitrogens with one attached hydrogen (secondary N) is 1. The van der Waals surface area contributed by atoms with Crippen LogP contribution in [0.25, 0.3) is 0 Å². The molecule has 0 bridgehead atoms. The van der Waals surface area contributed by atoms with E-state index in [2.05, 4.69) is 21.2 Å². The summed E-state index contributed by atoms with van der Waals surface area (Å²) >= 11 is 4.84. The molecule has 0 spiro atoms. The summed E-state index contributed by atoms with van der Waals surface area (Å²) in [6.07, 6.45) is 1.59. The van der Waals surface area contributed by atoms with Crippen LogP contribution in [0.4, 0.5) is 0 Å². The van der Waals surface area contributed by atoms with Crippen LogP contribution in [0.5, 0.6) is 0 Å². The van der Waals surface area contributed by atoms with Gasteiger partial charge in [0, 0.05) is 17.4 Å². The first kappa shape index (κ1) is 16.5. The Bertz CT molecular complexity index is 513. The number of thiophene rings is 1. The molecule has 3 unspecified atom stereocenters. The first-order valence-electron chi connectivity index (χ1n) is 6.85. The molecular formula is C14H18BrNO4S. The number of hydrogen-bond acceptors (Lipinski definition) is 4. The normalized spacial score (nSPS) is 21.5. The Morgan fingerprint density at radius 2 is 2.29 bits per heavy atom. The van der Waals surface area contributed by atoms with Crippen LogP contribution in [0, 0.1) is 5.92 Å². The van der Waals surface area contributed by atoms with Crippen molar-refractivity contribution in [2.24, 2.45) is 5.92 Å². The molecule has 2 rings (SSSR count). The summed E-state index contributed by atoms with van der Waals surface area (Å²) in [6.45, 7) is 2.83. The fourth-order valence-electron chi connectivity index (χ4n) is 2.38. The second kappa shape index (κ2) is 7.38. The topological polar surface area (TPSA) is 75.6 Å². The molecule has 1 amide bonds. The Labute approximate surface area is 135 Å². The molecule has 1 saturated heterocycles. The van der Waals surface area contributed by atoms with Crippen LogP contribution in [-0.2, 0) is 14.3 Å². The monoisotopic (exact) mass is 375 g/mol. The molecule has 1 fully saturated rings. The summed E-state index contributed by atoms with van der Waals surface area (Å²) in [5.41, 5.74) is 0. The molecule has 2 N–H and O–H groups in total. The zero-order valence-corrected chi connectivity index (χ0v) is 14.1. The molecule has 21 heavy (non-hydrogen) atoms. The van der Waals surface area contributed by atoms with Crippen LogP contribution < -0.4 is 5.32 Å². The van der Waals surface area contributed by atoms with Crippen molar-refractivity contribution < 1.29 is 19.4 Å². The molecule has 3 atom stereocenters. The van der Waals surface area contributed by atoms with Gasteiger partial charge in [-0.2, -0.15) is 0 Å². The van der Waals surface area contributed by atoms with Crippen molar-refractivity contribution in [3.63, 3.8) is 0 Å². The van der Waals surface area contributed by atoms with Crippen LogP contribution in [0.15, 0.2) is 15.9 Å². The van der Waals surface area contributed by atoms with Gasteiger partial charge in [0.2, 0.25) is 5.91 Å². The van der Waals surface area contributed by atoms with E-state index >= 15 is 0 Å². The minimum Gasteiger partial charge on any atom is -0.480 e. The van der Waals surface area contributed by atoms with E-state index in [-0.39, 0.29) is 17.7 Å². The Kier molecular flexibility index (Phi) is 5.78. The lowest BCUT2D eigenvalue weighted by Gasteiger charge is -2.28. The second-order valence-corrected chi connectivity index (χ2v) is 7.66. The second-order valence-electron chi connectivity index (χ2n) is 5.17. The van der Waals surface area contributed by atoms with Gasteiger partial charge in [0.1, 0.15) is 6.04 Å². The number of carboxylic acid groups (broad SMARTS) is 1. The quantitative estimate of drug-likeness (QED) is 0.829. The van der Waals surface area contributed by atoms with Crippen LogP contribution in [0.3, 0.4) is 0 Å². The van der Waals surface area contributed by atoms with E-state index < -0.39 is 12.0 Å². The van der Waals surface area contributed by atoms with E-state index in [0.29, 0.717) is 13.2 Å². The van der Waals surface area contributed by atoms with Gasteiger partial charge in [-0.25, -0.2) is 4.79 Å². The molecular weight excluding hydrogens is 358 g/mol. The molecule has 0 radical (unpaired) electrons. The summed E-state index contributed by atoms with van der Waals surface area (Å²) in [6, 6.07) is 2.87. The third kappa shape index (κ3) is 4.28. The van der Waals surface area contributed by atoms with Crippen molar-refractivity contribution in [2.75, 3.05) is 13.2 Å². The summed E-state index contributed by atoms with van der Waals surface area (Å²) < 4.78 is 6.28. The predicted molar refractivity (Wildman–Crippen MR) is 83.5 cm³/mol. The van der Waals surface area contributed by atoms with E-state index in [4.69, 9.17) is 4.74 Å². The number of halogens is 1. The van der Waals surface area contributed by atoms with Gasteiger partial charge < -0.3 is 15.2 Å². The summed E-state index contributed by atoms with van der Waals surface area (Å²) in [5, 5.41) is 12.0. The maximum atomic E-state index is 12.3. The fraction of sp³-hybridized carbons (Fsp3) is 0.571. The third-order valence-corrected chi connectivity index (χ3v) is 5.45. The van der Waals surface area contributed by atoms with Crippen molar-refractivity contribution in [3.8, 4) is 0 Å². The fourth-order valence-corrected chi connectivity index (χ4v) is 3.85. The van der Waals surface area contributed by atoms with Crippen LogP contribution >= 0.6 is 27.3 Å². The third-order valence-electron chi connectivity index (χ3n) is 3.64. The molecule has 0 saturated carbocycles. The Hall–Kier alpha value is -0.920. The van der Waals surface area contributed by atoms with Gasteiger partial charge in [-0.05, 0) is 47.8 Å². The van der Waals surface area contributed by atoms with Crippen molar-refractivity contribution in [1.29, 1.82) is 0 Å². The van der Waals surface area contributed by atoms with E-state index in [1.807, 2.05) is 12.1 Å². The summed E-state index contributed by atoms with van der Waals surface area (Å²) in [4.78, 5) is 24.6. The summed E-state index contributed by atoms with van der Waals surface area (Å²) in [5.74, 6) is -1.80. The van der Waals surface area contributed by atoms with Gasteiger partial charge in [0.15, 0.2) is 0 Å². The highest BCUT2D eigenvalue weighted by atomic mass is 79.9. The zero-order valence-electron chi connectivity index (χ0n) is 11.7. The van der Waals surface area contributed by atoms with Gasteiger partial charge in [-0.3, -0.25) is 4.79 Å². The molecule has 5 nitrogen and oxygen atoms in total. The van der Waals surface area contributed by atoms with Crippen molar-refractivity contribution >= 4 is 39.1 Å². The highest BCUT2D eigenvalue weighted by Gasteiger charge is 2.32. The van der Waals surface area contributed by atoms with Crippen molar-refractivity contribution in [1.82, 2.24) is 5.32 Å². The van der Waals surface area contributed by atoms with Gasteiger partial charge in [-0.15, -0.1) is 11.3 Å². The average Bonchev–Trinajstić information content (AvgIpc) is 2.90. The molecule has 1 aromatic rings. The first-order chi connectivity index (χ1) is 9.99. The predicted octanol–water partition coefficient (Wildman–Crippen LogP) is 2.61. The maximum absolute atomic E-state index is 12.3. The highest BCUT2D eigenvalue weighted by molar-refractivity contribution is 9.11. The molecule has 2 heterocycles. The Morgan fingerprint density at radius 3 is 2.81 bits per heavy atom. The van der Waals surface area contributed by atoms with Crippen LogP contribution in [0.2, 0.25) is 0 Å². The standard InChI is InChI=1S/C14H18BrNO4S/c1-8(10-4-5-11(15)21-10)13(17)16-12(14(18)19)9-3-2-6-20-7-9/h4-5,8-9,12H,2-3,6-7H2,1H3,(H,16,17)(H,18,19). The molecule has 0 aliphatic carbocycles. The number of aliphatic carboxylic acids is 1. The van der Waals surface area contributed by atoms with E-state index in [1.54, 1.807) is 6.92 Å². The first-order valence-corrected chi connectivity index (χ1v) is 8.46. The SMILES string of the molecule is CC(C(=O)NC(C(=O)O)C1CCCOC1)c1ccc(Br)s1. The summed E-state index contributed by atoms with van der Waals surface area (Å²) in [7, 11) is 0. The number of carboxylic acids is 1. The van der Waals surface area contributed by atoms with Gasteiger partial charge >= 0.3 is 5.97 Å². The minimum absolute atomic E-state index is 0.164. The number of amides is 1. The Balaban J connectivity index is 2.02. The van der Waals surface area contributed by atoms with Crippen LogP contribution in [-0.4, -0.2) is 36.2 Å². The number of rotatable bonds is 5. The Morgan fingerprint density at radius 1 is 1.52 bits per heavy atom. The smallest absolute Gasteiger partial charge is 0.326 e. The van der Waals surface area contributed by atoms with Gasteiger partial charge in [-0.1, -0.05) is 0 Å². The lowest BCUT2D eigenvalue weighted by Crippen LogP contribution is -2.49. The van der Waals surface area contributed by atoms with Gasteiger partial charge in [0.05, 0.1) is 16.3 Å². The van der Waals surface area contributed by atoms with Crippen molar-refractivity contribution in [2.45, 2.75) is 31.7 Å². The lowest BCUT2D eigenvalue weighted by atomic mass is 9.93. The van der Waals surface area contributed by atoms with E-state index in [9.17, 15) is 14.7 Å². The largest absolute Gasteiger partial charge is 0.480 e. The highest BCUT2D eigenvalue weighted by Crippen LogP contribution is 2.29. The molecule has 0 aromatic carbocycles. The molecule has 1 aliphatic rings. The maximum Gasteiger partial charge on any atom is 0.326 e. The van der Waals surface area contributed by atoms with Gasteiger partial charge in [0.25, 0.3) is 0 Å². The minimum atomic E-state index is -1.00.